The molecular formula is C2H4N6O4. The quantitative estimate of drug-likeness (QED) is 0.201. The lowest BCUT2D eigenvalue weighted by atomic mass is 10.9. The monoisotopic (exact) mass is 176 g/mol. The van der Waals surface area contributed by atoms with Gasteiger partial charge in [-0.3, -0.25) is 0 Å². The predicted molar refractivity (Wildman–Crippen MR) is 36.9 cm³/mol. The predicted octanol–water partition coefficient (Wildman–Crippen LogP) is -0.582. The lowest BCUT2D eigenvalue weighted by Gasteiger charge is -2.05. The summed E-state index contributed by atoms with van der Waals surface area (Å²) in [7, 11) is 0.961. The first-order valence-electron chi connectivity index (χ1n) is 2.50. The van der Waals surface area contributed by atoms with Crippen molar-refractivity contribution >= 4 is 5.96 Å². The molecule has 0 aromatic rings. The first-order valence-corrected chi connectivity index (χ1v) is 2.50. The fourth-order valence-electron chi connectivity index (χ4n) is 0.316. The van der Waals surface area contributed by atoms with Crippen LogP contribution in [0.1, 0.15) is 0 Å². The van der Waals surface area contributed by atoms with Crippen LogP contribution in [0.5, 0.6) is 0 Å². The van der Waals surface area contributed by atoms with Gasteiger partial charge in [0.2, 0.25) is 0 Å². The maximum absolute atomic E-state index is 10.0. The van der Waals surface area contributed by atoms with E-state index in [0.29, 0.717) is 0 Å². The molecule has 0 aliphatic heterocycles. The average molecular weight is 176 g/mol. The Morgan fingerprint density at radius 3 is 2.50 bits per heavy atom. The van der Waals surface area contributed by atoms with Crippen molar-refractivity contribution in [2.75, 3.05) is 7.05 Å². The maximum Gasteiger partial charge on any atom is 0.306 e. The highest BCUT2D eigenvalue weighted by molar-refractivity contribution is 5.77. The zero-order valence-corrected chi connectivity index (χ0v) is 5.87. The van der Waals surface area contributed by atoms with E-state index in [4.69, 9.17) is 0 Å². The number of guanidine groups is 1. The second kappa shape index (κ2) is 4.65. The molecule has 66 valence electrons. The minimum Gasteiger partial charge on any atom is -0.234 e. The van der Waals surface area contributed by atoms with Crippen molar-refractivity contribution in [2.45, 2.75) is 0 Å². The van der Waals surface area contributed by atoms with Gasteiger partial charge < -0.3 is 0 Å². The van der Waals surface area contributed by atoms with Crippen LogP contribution in [0.4, 0.5) is 0 Å². The number of nitroso groups, excluding NO2 is 2. The van der Waals surface area contributed by atoms with Crippen molar-refractivity contribution in [1.82, 2.24) is 10.4 Å². The minimum absolute atomic E-state index is 0.281. The van der Waals surface area contributed by atoms with E-state index in [1.807, 2.05) is 5.29 Å². The lowest BCUT2D eigenvalue weighted by Crippen LogP contribution is -2.39. The summed E-state index contributed by atoms with van der Waals surface area (Å²) in [4.78, 5) is 29.1. The Morgan fingerprint density at radius 2 is 2.17 bits per heavy atom. The van der Waals surface area contributed by atoms with Crippen LogP contribution in [0.2, 0.25) is 0 Å². The molecule has 0 spiro atoms. The largest absolute Gasteiger partial charge is 0.306 e. The topological polar surface area (TPSA) is 130 Å². The van der Waals surface area contributed by atoms with Gasteiger partial charge in [-0.25, -0.2) is 15.5 Å². The molecule has 1 N–H and O–H groups in total. The van der Waals surface area contributed by atoms with E-state index in [2.05, 4.69) is 10.4 Å². The van der Waals surface area contributed by atoms with Gasteiger partial charge in [0.25, 0.3) is 0 Å². The highest BCUT2D eigenvalue weighted by Crippen LogP contribution is 1.86. The number of nitrogens with one attached hydrogen (secondary N) is 1. The molecule has 12 heavy (non-hydrogen) atoms. The fourth-order valence-corrected chi connectivity index (χ4v) is 0.316. The van der Waals surface area contributed by atoms with Crippen LogP contribution in [0.15, 0.2) is 15.7 Å². The molecule has 0 radical (unpaired) electrons. The van der Waals surface area contributed by atoms with E-state index in [-0.39, 0.29) is 5.01 Å². The minimum atomic E-state index is -0.914. The highest BCUT2D eigenvalue weighted by Gasteiger charge is 2.16. The summed E-state index contributed by atoms with van der Waals surface area (Å²) in [5.41, 5.74) is 1.57. The number of rotatable bonds is 3. The number of hydrogen-bond donors (Lipinski definition) is 1. The van der Waals surface area contributed by atoms with Crippen molar-refractivity contribution in [1.29, 1.82) is 0 Å². The third-order valence-corrected chi connectivity index (χ3v) is 0.833. The summed E-state index contributed by atoms with van der Waals surface area (Å²) in [5, 5.41) is 16.2. The molecule has 0 aromatic carbocycles. The van der Waals surface area contributed by atoms with Crippen LogP contribution >= 0.6 is 0 Å². The van der Waals surface area contributed by atoms with Gasteiger partial charge in [-0.1, -0.05) is 10.1 Å². The molecule has 0 unspecified atom stereocenters. The summed E-state index contributed by atoms with van der Waals surface area (Å²) in [6, 6.07) is 0. The SMILES string of the molecule is CN(/C(=N/N=O)NN=O)[N+](=O)[O-]. The fraction of sp³-hybridized carbons (Fsp3) is 0.500. The summed E-state index contributed by atoms with van der Waals surface area (Å²) in [6.45, 7) is 0. The first kappa shape index (κ1) is 9.87. The number of hydrogen-bond acceptors (Lipinski definition) is 6. The third-order valence-electron chi connectivity index (χ3n) is 0.833. The lowest BCUT2D eigenvalue weighted by molar-refractivity contribution is -0.623. The second-order valence-corrected chi connectivity index (χ2v) is 1.47. The number of nitrogens with zero attached hydrogens (tertiary/aromatic N) is 5. The molecule has 0 amide bonds. The van der Waals surface area contributed by atoms with E-state index in [0.717, 1.165) is 7.05 Å². The van der Waals surface area contributed by atoms with Gasteiger partial charge in [0.1, 0.15) is 0 Å². The Balaban J connectivity index is 4.49. The molecule has 0 saturated heterocycles. The third kappa shape index (κ3) is 2.64. The van der Waals surface area contributed by atoms with Crippen molar-refractivity contribution in [3.63, 3.8) is 0 Å². The molecule has 0 saturated carbocycles. The molecular weight excluding hydrogens is 172 g/mol. The van der Waals surface area contributed by atoms with Crippen LogP contribution in [-0.2, 0) is 0 Å². The Morgan fingerprint density at radius 1 is 1.58 bits per heavy atom. The Labute approximate surface area is 65.3 Å². The molecule has 0 bridgehead atoms. The van der Waals surface area contributed by atoms with E-state index < -0.39 is 11.0 Å². The van der Waals surface area contributed by atoms with E-state index in [1.165, 1.54) is 0 Å². The average Bonchev–Trinajstić information content (AvgIpc) is 2.03. The van der Waals surface area contributed by atoms with Crippen LogP contribution in [0.3, 0.4) is 0 Å². The van der Waals surface area contributed by atoms with E-state index >= 15 is 0 Å². The van der Waals surface area contributed by atoms with Gasteiger partial charge >= 0.3 is 5.96 Å². The zero-order valence-electron chi connectivity index (χ0n) is 5.87. The Kier molecular flexibility index (Phi) is 3.82. The number of hydrazine groups is 1. The molecule has 0 rings (SSSR count). The summed E-state index contributed by atoms with van der Waals surface area (Å²) in [5.74, 6) is -0.662. The van der Waals surface area contributed by atoms with Gasteiger partial charge in [-0.15, -0.1) is 9.81 Å². The second-order valence-electron chi connectivity index (χ2n) is 1.47. The van der Waals surface area contributed by atoms with Gasteiger partial charge in [0.05, 0.1) is 17.6 Å². The molecule has 10 heteroatoms. The van der Waals surface area contributed by atoms with Crippen molar-refractivity contribution < 1.29 is 5.03 Å². The van der Waals surface area contributed by atoms with Crippen molar-refractivity contribution in [3.8, 4) is 0 Å². The van der Waals surface area contributed by atoms with Gasteiger partial charge in [0, 0.05) is 0 Å². The molecule has 0 fully saturated rings. The van der Waals surface area contributed by atoms with Gasteiger partial charge in [-0.05, 0) is 0 Å². The molecule has 0 aliphatic carbocycles. The molecule has 0 aliphatic rings. The summed E-state index contributed by atoms with van der Waals surface area (Å²) >= 11 is 0. The standard InChI is InChI=1S/C2H4N6O4/c1-7(8(11)12)2(3-5-9)4-6-10/h1H3,(H,3,4,9,10). The zero-order chi connectivity index (χ0) is 9.56. The highest BCUT2D eigenvalue weighted by atomic mass is 16.7. The van der Waals surface area contributed by atoms with E-state index in [1.54, 1.807) is 5.43 Å². The first-order chi connectivity index (χ1) is 5.63. The normalized spacial score (nSPS) is 10.2. The Bertz CT molecular complexity index is 224. The van der Waals surface area contributed by atoms with Crippen molar-refractivity contribution in [2.24, 2.45) is 15.7 Å². The maximum atomic E-state index is 10.0. The molecule has 0 aromatic heterocycles. The van der Waals surface area contributed by atoms with Crippen LogP contribution in [0, 0.1) is 19.9 Å². The Hall–Kier alpha value is -2.13. The van der Waals surface area contributed by atoms with Gasteiger partial charge in [0.15, 0.2) is 5.03 Å². The van der Waals surface area contributed by atoms with E-state index in [9.17, 15) is 19.9 Å². The smallest absolute Gasteiger partial charge is 0.234 e. The summed E-state index contributed by atoms with van der Waals surface area (Å²) < 4.78 is 0. The van der Waals surface area contributed by atoms with Crippen LogP contribution in [-0.4, -0.2) is 23.0 Å². The summed E-state index contributed by atoms with van der Waals surface area (Å²) in [6.07, 6.45) is 0. The molecule has 0 heterocycles. The van der Waals surface area contributed by atoms with Crippen LogP contribution in [0.25, 0.3) is 0 Å². The molecule has 10 nitrogen and oxygen atoms in total. The van der Waals surface area contributed by atoms with Crippen molar-refractivity contribution in [3.05, 3.63) is 19.9 Å². The number of nitro groups is 1. The van der Waals surface area contributed by atoms with Crippen LogP contribution < -0.4 is 5.43 Å². The molecule has 0 atom stereocenters. The van der Waals surface area contributed by atoms with Gasteiger partial charge in [-0.2, -0.15) is 0 Å².